The lowest BCUT2D eigenvalue weighted by atomic mass is 10.2. The lowest BCUT2D eigenvalue weighted by molar-refractivity contribution is 0.223. The van der Waals surface area contributed by atoms with Crippen molar-refractivity contribution in [3.8, 4) is 5.75 Å². The standard InChI is InChI=1S/C21H32N4OS/c1-4-25(5-2)14-15-26-19-10-8-18(9-11-19)17-24-21(22-3)23-13-12-20-7-6-16-27-20/h6-11,16H,4-5,12-15,17H2,1-3H3,(H2,22,23,24). The van der Waals surface area contributed by atoms with Gasteiger partial charge in [-0.2, -0.15) is 0 Å². The zero-order chi connectivity index (χ0) is 19.3. The lowest BCUT2D eigenvalue weighted by Crippen LogP contribution is -2.37. The molecule has 0 saturated carbocycles. The van der Waals surface area contributed by atoms with Gasteiger partial charge in [0, 0.05) is 31.6 Å². The molecule has 0 aliphatic carbocycles. The summed E-state index contributed by atoms with van der Waals surface area (Å²) in [6, 6.07) is 12.5. The Bertz CT molecular complexity index is 651. The number of guanidine groups is 1. The van der Waals surface area contributed by atoms with E-state index in [2.05, 4.69) is 64.0 Å². The van der Waals surface area contributed by atoms with Crippen LogP contribution in [-0.4, -0.2) is 50.7 Å². The van der Waals surface area contributed by atoms with Gasteiger partial charge in [-0.1, -0.05) is 32.0 Å². The molecule has 0 aliphatic heterocycles. The molecule has 0 radical (unpaired) electrons. The van der Waals surface area contributed by atoms with Gasteiger partial charge in [-0.05, 0) is 48.7 Å². The van der Waals surface area contributed by atoms with E-state index in [1.165, 1.54) is 10.4 Å². The third-order valence-electron chi connectivity index (χ3n) is 4.42. The van der Waals surface area contributed by atoms with Crippen LogP contribution in [0.4, 0.5) is 0 Å². The van der Waals surface area contributed by atoms with Crippen LogP contribution in [0.3, 0.4) is 0 Å². The Morgan fingerprint density at radius 3 is 2.52 bits per heavy atom. The van der Waals surface area contributed by atoms with E-state index in [1.54, 1.807) is 18.4 Å². The molecule has 5 nitrogen and oxygen atoms in total. The van der Waals surface area contributed by atoms with Crippen LogP contribution in [0.2, 0.25) is 0 Å². The van der Waals surface area contributed by atoms with Crippen molar-refractivity contribution in [3.63, 3.8) is 0 Å². The maximum Gasteiger partial charge on any atom is 0.191 e. The number of thiophene rings is 1. The molecule has 6 heteroatoms. The first-order chi connectivity index (χ1) is 13.2. The number of benzene rings is 1. The highest BCUT2D eigenvalue weighted by Crippen LogP contribution is 2.12. The summed E-state index contributed by atoms with van der Waals surface area (Å²) >= 11 is 1.79. The van der Waals surface area contributed by atoms with Crippen molar-refractivity contribution < 1.29 is 4.74 Å². The van der Waals surface area contributed by atoms with Crippen LogP contribution in [-0.2, 0) is 13.0 Å². The normalized spacial score (nSPS) is 11.6. The van der Waals surface area contributed by atoms with Gasteiger partial charge in [0.2, 0.25) is 0 Å². The van der Waals surface area contributed by atoms with E-state index in [0.717, 1.165) is 57.5 Å². The Morgan fingerprint density at radius 1 is 1.11 bits per heavy atom. The SMILES string of the molecule is CCN(CC)CCOc1ccc(CNC(=NC)NCCc2cccs2)cc1. The average molecular weight is 389 g/mol. The molecule has 0 saturated heterocycles. The number of hydrogen-bond acceptors (Lipinski definition) is 4. The monoisotopic (exact) mass is 388 g/mol. The van der Waals surface area contributed by atoms with Crippen LogP contribution in [0.1, 0.15) is 24.3 Å². The minimum atomic E-state index is 0.722. The Morgan fingerprint density at radius 2 is 1.89 bits per heavy atom. The summed E-state index contributed by atoms with van der Waals surface area (Å²) in [5, 5.41) is 8.82. The molecule has 0 bridgehead atoms. The molecule has 0 atom stereocenters. The molecule has 1 aromatic heterocycles. The van der Waals surface area contributed by atoms with Crippen molar-refractivity contribution in [2.45, 2.75) is 26.8 Å². The van der Waals surface area contributed by atoms with E-state index < -0.39 is 0 Å². The van der Waals surface area contributed by atoms with Gasteiger partial charge in [0.25, 0.3) is 0 Å². The molecule has 0 aliphatic rings. The molecule has 0 spiro atoms. The van der Waals surface area contributed by atoms with Crippen LogP contribution in [0, 0.1) is 0 Å². The zero-order valence-electron chi connectivity index (χ0n) is 16.7. The minimum absolute atomic E-state index is 0.722. The molecule has 0 unspecified atom stereocenters. The van der Waals surface area contributed by atoms with Crippen LogP contribution in [0.15, 0.2) is 46.8 Å². The minimum Gasteiger partial charge on any atom is -0.492 e. The largest absolute Gasteiger partial charge is 0.492 e. The highest BCUT2D eigenvalue weighted by atomic mass is 32.1. The molecule has 0 amide bonds. The molecular formula is C21H32N4OS. The number of likely N-dealkylation sites (N-methyl/N-ethyl adjacent to an activating group) is 1. The molecule has 2 rings (SSSR count). The number of aliphatic imine (C=N–C) groups is 1. The average Bonchev–Trinajstić information content (AvgIpc) is 3.22. The summed E-state index contributed by atoms with van der Waals surface area (Å²) in [6.45, 7) is 9.77. The summed E-state index contributed by atoms with van der Waals surface area (Å²) in [5.41, 5.74) is 1.20. The maximum absolute atomic E-state index is 5.83. The van der Waals surface area contributed by atoms with E-state index in [1.807, 2.05) is 12.1 Å². The highest BCUT2D eigenvalue weighted by molar-refractivity contribution is 7.09. The van der Waals surface area contributed by atoms with Gasteiger partial charge in [0.05, 0.1) is 0 Å². The third-order valence-corrected chi connectivity index (χ3v) is 5.36. The Kier molecular flexibility index (Phi) is 9.73. The third kappa shape index (κ3) is 8.01. The van der Waals surface area contributed by atoms with E-state index >= 15 is 0 Å². The Labute approximate surface area is 167 Å². The summed E-state index contributed by atoms with van der Waals surface area (Å²) in [4.78, 5) is 8.02. The van der Waals surface area contributed by atoms with Crippen molar-refractivity contribution >= 4 is 17.3 Å². The van der Waals surface area contributed by atoms with Crippen LogP contribution >= 0.6 is 11.3 Å². The van der Waals surface area contributed by atoms with Crippen LogP contribution < -0.4 is 15.4 Å². The van der Waals surface area contributed by atoms with Crippen LogP contribution in [0.5, 0.6) is 5.75 Å². The molecule has 0 fully saturated rings. The van der Waals surface area contributed by atoms with Crippen molar-refractivity contribution in [1.82, 2.24) is 15.5 Å². The van der Waals surface area contributed by atoms with Gasteiger partial charge < -0.3 is 20.3 Å². The fraction of sp³-hybridized carbons (Fsp3) is 0.476. The summed E-state index contributed by atoms with van der Waals surface area (Å²) in [5.74, 6) is 1.75. The summed E-state index contributed by atoms with van der Waals surface area (Å²) in [6.07, 6.45) is 1.01. The van der Waals surface area contributed by atoms with Crippen molar-refractivity contribution in [1.29, 1.82) is 0 Å². The summed E-state index contributed by atoms with van der Waals surface area (Å²) < 4.78 is 5.83. The van der Waals surface area contributed by atoms with Gasteiger partial charge in [-0.25, -0.2) is 0 Å². The predicted molar refractivity (Wildman–Crippen MR) is 116 cm³/mol. The van der Waals surface area contributed by atoms with Gasteiger partial charge >= 0.3 is 0 Å². The second-order valence-corrected chi connectivity index (χ2v) is 7.23. The first-order valence-electron chi connectivity index (χ1n) is 9.66. The molecule has 1 heterocycles. The van der Waals surface area contributed by atoms with E-state index in [9.17, 15) is 0 Å². The Hall–Kier alpha value is -2.05. The molecular weight excluding hydrogens is 356 g/mol. The molecule has 2 N–H and O–H groups in total. The quantitative estimate of drug-likeness (QED) is 0.458. The van der Waals surface area contributed by atoms with E-state index in [4.69, 9.17) is 4.74 Å². The number of nitrogens with zero attached hydrogens (tertiary/aromatic N) is 2. The van der Waals surface area contributed by atoms with Gasteiger partial charge in [-0.3, -0.25) is 4.99 Å². The van der Waals surface area contributed by atoms with Crippen molar-refractivity contribution in [2.75, 3.05) is 39.8 Å². The fourth-order valence-corrected chi connectivity index (χ4v) is 3.41. The summed E-state index contributed by atoms with van der Waals surface area (Å²) in [7, 11) is 1.80. The number of ether oxygens (including phenoxy) is 1. The smallest absolute Gasteiger partial charge is 0.191 e. The maximum atomic E-state index is 5.83. The highest BCUT2D eigenvalue weighted by Gasteiger charge is 2.02. The Balaban J connectivity index is 1.68. The van der Waals surface area contributed by atoms with Gasteiger partial charge in [-0.15, -0.1) is 11.3 Å². The number of nitrogens with one attached hydrogen (secondary N) is 2. The molecule has 148 valence electrons. The van der Waals surface area contributed by atoms with Gasteiger partial charge in [0.15, 0.2) is 5.96 Å². The second kappa shape index (κ2) is 12.4. The van der Waals surface area contributed by atoms with E-state index in [0.29, 0.717) is 0 Å². The lowest BCUT2D eigenvalue weighted by Gasteiger charge is -2.18. The predicted octanol–water partition coefficient (Wildman–Crippen LogP) is 3.38. The number of rotatable bonds is 11. The van der Waals surface area contributed by atoms with Crippen molar-refractivity contribution in [2.24, 2.45) is 4.99 Å². The van der Waals surface area contributed by atoms with Crippen LogP contribution in [0.25, 0.3) is 0 Å². The molecule has 2 aromatic rings. The van der Waals surface area contributed by atoms with E-state index in [-0.39, 0.29) is 0 Å². The second-order valence-electron chi connectivity index (χ2n) is 6.20. The topological polar surface area (TPSA) is 48.9 Å². The first-order valence-corrected chi connectivity index (χ1v) is 10.5. The molecule has 27 heavy (non-hydrogen) atoms. The van der Waals surface area contributed by atoms with Crippen molar-refractivity contribution in [3.05, 3.63) is 52.2 Å². The zero-order valence-corrected chi connectivity index (χ0v) is 17.5. The first kappa shape index (κ1) is 21.3. The molecule has 1 aromatic carbocycles. The number of hydrogen-bond donors (Lipinski definition) is 2. The van der Waals surface area contributed by atoms with Gasteiger partial charge in [0.1, 0.15) is 12.4 Å². The fourth-order valence-electron chi connectivity index (χ4n) is 2.70.